The summed E-state index contributed by atoms with van der Waals surface area (Å²) in [4.78, 5) is 32.8. The summed E-state index contributed by atoms with van der Waals surface area (Å²) in [6, 6.07) is 5.46. The van der Waals surface area contributed by atoms with E-state index < -0.39 is 11.9 Å². The Hall–Kier alpha value is -2.20. The smallest absolute Gasteiger partial charge is 0.333 e. The number of carbonyl (C=O) groups is 2. The molecule has 0 aliphatic heterocycles. The maximum Gasteiger partial charge on any atom is 0.333 e. The van der Waals surface area contributed by atoms with E-state index in [-0.39, 0.29) is 34.7 Å². The Morgan fingerprint density at radius 1 is 0.864 bits per heavy atom. The van der Waals surface area contributed by atoms with Gasteiger partial charge in [0, 0.05) is 12.1 Å². The minimum absolute atomic E-state index is 0.227. The third kappa shape index (κ3) is 3.71. The van der Waals surface area contributed by atoms with E-state index >= 15 is 0 Å². The highest BCUT2D eigenvalue weighted by atomic mass is 32.1. The first kappa shape index (κ1) is 16.2. The lowest BCUT2D eigenvalue weighted by Crippen LogP contribution is -2.24. The van der Waals surface area contributed by atoms with Crippen molar-refractivity contribution in [3.05, 3.63) is 24.3 Å². The second-order valence-corrected chi connectivity index (χ2v) is 5.03. The molecular formula is C12H12N2O6S2. The zero-order chi connectivity index (χ0) is 16.3. The molecular weight excluding hydrogens is 332 g/mol. The van der Waals surface area contributed by atoms with Gasteiger partial charge in [0.2, 0.25) is 11.8 Å². The predicted molar refractivity (Wildman–Crippen MR) is 79.1 cm³/mol. The van der Waals surface area contributed by atoms with E-state index in [9.17, 15) is 19.8 Å². The summed E-state index contributed by atoms with van der Waals surface area (Å²) in [5, 5.41) is 19.2. The molecule has 22 heavy (non-hydrogen) atoms. The van der Waals surface area contributed by atoms with Crippen molar-refractivity contribution in [3.8, 4) is 11.8 Å². The van der Waals surface area contributed by atoms with Crippen molar-refractivity contribution >= 4 is 37.2 Å². The fourth-order valence-electron chi connectivity index (χ4n) is 1.49. The molecule has 0 radical (unpaired) electrons. The first-order valence-electron chi connectivity index (χ1n) is 6.00. The Balaban J connectivity index is 1.85. The minimum atomic E-state index is -0.762. The molecule has 2 heterocycles. The van der Waals surface area contributed by atoms with Crippen LogP contribution in [-0.4, -0.2) is 31.6 Å². The van der Waals surface area contributed by atoms with Gasteiger partial charge in [-0.05, 0) is 12.1 Å². The van der Waals surface area contributed by atoms with Crippen LogP contribution in [0.3, 0.4) is 0 Å². The molecule has 0 bridgehead atoms. The molecule has 2 aromatic rings. The second kappa shape index (κ2) is 6.71. The summed E-state index contributed by atoms with van der Waals surface area (Å²) in [6.45, 7) is 0. The van der Waals surface area contributed by atoms with Crippen molar-refractivity contribution in [1.29, 1.82) is 0 Å². The predicted octanol–water partition coefficient (Wildman–Crippen LogP) is 0.669. The van der Waals surface area contributed by atoms with Crippen LogP contribution in [0.5, 0.6) is 11.8 Å². The summed E-state index contributed by atoms with van der Waals surface area (Å²) in [5.74, 6) is -2.11. The first-order valence-corrected chi connectivity index (χ1v) is 6.89. The molecule has 118 valence electrons. The van der Waals surface area contributed by atoms with Gasteiger partial charge in [-0.25, -0.2) is 9.59 Å². The summed E-state index contributed by atoms with van der Waals surface area (Å²) < 4.78 is 1.64. The number of hydrogen-bond acceptors (Lipinski definition) is 8. The molecule has 0 spiro atoms. The number of thiol groups is 2. The van der Waals surface area contributed by atoms with Crippen LogP contribution in [0.25, 0.3) is 0 Å². The van der Waals surface area contributed by atoms with E-state index in [2.05, 4.69) is 25.3 Å². The fourth-order valence-corrected chi connectivity index (χ4v) is 1.93. The van der Waals surface area contributed by atoms with Crippen molar-refractivity contribution in [2.45, 2.75) is 22.9 Å². The number of hydrogen-bond donors (Lipinski definition) is 4. The van der Waals surface area contributed by atoms with Crippen LogP contribution in [0.2, 0.25) is 0 Å². The quantitative estimate of drug-likeness (QED) is 0.595. The van der Waals surface area contributed by atoms with Crippen LogP contribution in [0.4, 0.5) is 0 Å². The van der Waals surface area contributed by atoms with Crippen LogP contribution >= 0.6 is 25.3 Å². The number of aromatic nitrogens is 2. The topological polar surface area (TPSA) is 103 Å². The van der Waals surface area contributed by atoms with Gasteiger partial charge in [-0.3, -0.25) is 0 Å². The van der Waals surface area contributed by atoms with E-state index in [4.69, 9.17) is 9.68 Å². The summed E-state index contributed by atoms with van der Waals surface area (Å²) in [6.07, 6.45) is -0.568. The number of rotatable bonds is 5. The molecule has 0 saturated heterocycles. The molecule has 2 rings (SSSR count). The standard InChI is InChI=1S/C12H12N2O6S2/c15-7-1-3-9(21)13(7)19-11(17)5-6-12(18)20-14-8(16)2-4-10(14)22/h1-4,15-16,21-22H,5-6H2. The van der Waals surface area contributed by atoms with E-state index in [0.29, 0.717) is 0 Å². The highest BCUT2D eigenvalue weighted by molar-refractivity contribution is 7.80. The van der Waals surface area contributed by atoms with Crippen LogP contribution in [0.1, 0.15) is 12.8 Å². The summed E-state index contributed by atoms with van der Waals surface area (Å²) >= 11 is 7.96. The van der Waals surface area contributed by atoms with Crippen LogP contribution < -0.4 is 9.68 Å². The third-order valence-corrected chi connectivity index (χ3v) is 3.18. The van der Waals surface area contributed by atoms with Gasteiger partial charge in [0.05, 0.1) is 12.8 Å². The molecule has 2 N–H and O–H groups in total. The highest BCUT2D eigenvalue weighted by Gasteiger charge is 2.15. The third-order valence-electron chi connectivity index (χ3n) is 2.51. The van der Waals surface area contributed by atoms with Crippen LogP contribution in [-0.2, 0) is 9.59 Å². The highest BCUT2D eigenvalue weighted by Crippen LogP contribution is 2.18. The maximum absolute atomic E-state index is 11.6. The summed E-state index contributed by atoms with van der Waals surface area (Å²) in [5.41, 5.74) is 0. The number of nitrogens with zero attached hydrogens (tertiary/aromatic N) is 2. The minimum Gasteiger partial charge on any atom is -0.492 e. The van der Waals surface area contributed by atoms with Gasteiger partial charge in [0.15, 0.2) is 0 Å². The Morgan fingerprint density at radius 2 is 1.23 bits per heavy atom. The van der Waals surface area contributed by atoms with Crippen molar-refractivity contribution in [2.24, 2.45) is 0 Å². The lowest BCUT2D eigenvalue weighted by atomic mass is 10.3. The average molecular weight is 344 g/mol. The normalized spacial score (nSPS) is 10.5. The Kier molecular flexibility index (Phi) is 4.93. The molecule has 0 aliphatic carbocycles. The van der Waals surface area contributed by atoms with Gasteiger partial charge in [-0.2, -0.15) is 0 Å². The molecule has 0 fully saturated rings. The Bertz CT molecular complexity index is 609. The molecule has 0 aliphatic rings. The van der Waals surface area contributed by atoms with Crippen molar-refractivity contribution in [3.63, 3.8) is 0 Å². The zero-order valence-corrected chi connectivity index (χ0v) is 12.8. The van der Waals surface area contributed by atoms with E-state index in [1.54, 1.807) is 0 Å². The maximum atomic E-state index is 11.6. The average Bonchev–Trinajstić information content (AvgIpc) is 2.95. The van der Waals surface area contributed by atoms with Crippen LogP contribution in [0, 0.1) is 0 Å². The lowest BCUT2D eigenvalue weighted by molar-refractivity contribution is -0.152. The van der Waals surface area contributed by atoms with E-state index in [0.717, 1.165) is 9.46 Å². The van der Waals surface area contributed by atoms with Gasteiger partial charge in [-0.15, -0.1) is 34.7 Å². The molecule has 0 unspecified atom stereocenters. The van der Waals surface area contributed by atoms with Gasteiger partial charge >= 0.3 is 11.9 Å². The molecule has 0 saturated carbocycles. The molecule has 0 atom stereocenters. The fraction of sp³-hybridized carbons (Fsp3) is 0.167. The van der Waals surface area contributed by atoms with Gasteiger partial charge < -0.3 is 19.9 Å². The van der Waals surface area contributed by atoms with Crippen molar-refractivity contribution < 1.29 is 29.5 Å². The van der Waals surface area contributed by atoms with Gasteiger partial charge in [0.25, 0.3) is 0 Å². The Labute approximate surface area is 135 Å². The van der Waals surface area contributed by atoms with Crippen molar-refractivity contribution in [1.82, 2.24) is 9.46 Å². The van der Waals surface area contributed by atoms with Crippen molar-refractivity contribution in [2.75, 3.05) is 0 Å². The monoisotopic (exact) mass is 344 g/mol. The lowest BCUT2D eigenvalue weighted by Gasteiger charge is -2.08. The Morgan fingerprint density at radius 3 is 1.50 bits per heavy atom. The molecule has 8 nitrogen and oxygen atoms in total. The van der Waals surface area contributed by atoms with Gasteiger partial charge in [0.1, 0.15) is 10.1 Å². The summed E-state index contributed by atoms with van der Waals surface area (Å²) in [7, 11) is 0. The second-order valence-electron chi connectivity index (χ2n) is 4.11. The molecule has 10 heteroatoms. The SMILES string of the molecule is O=C(CCC(=O)On1c(O)ccc1S)On1c(O)ccc1S. The zero-order valence-electron chi connectivity index (χ0n) is 11.0. The number of aromatic hydroxyl groups is 2. The van der Waals surface area contributed by atoms with Crippen LogP contribution in [0.15, 0.2) is 34.3 Å². The molecule has 2 aromatic heterocycles. The first-order chi connectivity index (χ1) is 10.4. The van der Waals surface area contributed by atoms with E-state index in [1.807, 2.05) is 0 Å². The molecule has 0 aromatic carbocycles. The largest absolute Gasteiger partial charge is 0.492 e. The van der Waals surface area contributed by atoms with Gasteiger partial charge in [-0.1, -0.05) is 0 Å². The number of carbonyl (C=O) groups excluding carboxylic acids is 2. The van der Waals surface area contributed by atoms with E-state index in [1.165, 1.54) is 24.3 Å². The molecule has 0 amide bonds.